The fraction of sp³-hybridized carbons (Fsp3) is 0.296. The van der Waals surface area contributed by atoms with Crippen molar-refractivity contribution in [3.63, 3.8) is 0 Å². The van der Waals surface area contributed by atoms with Gasteiger partial charge in [-0.05, 0) is 61.5 Å². The molecule has 0 atom stereocenters. The molecule has 3 aromatic heterocycles. The van der Waals surface area contributed by atoms with Crippen molar-refractivity contribution >= 4 is 40.1 Å². The fourth-order valence-electron chi connectivity index (χ4n) is 5.03. The van der Waals surface area contributed by atoms with Gasteiger partial charge in [0.15, 0.2) is 4.77 Å². The molecule has 1 aliphatic rings. The van der Waals surface area contributed by atoms with Crippen molar-refractivity contribution in [2.75, 3.05) is 25.0 Å². The second-order valence-electron chi connectivity index (χ2n) is 9.28. The number of piperidine rings is 1. The summed E-state index contributed by atoms with van der Waals surface area (Å²) in [5.74, 6) is 1.78. The smallest absolute Gasteiger partial charge is 0.262 e. The molecule has 0 amide bonds. The third-order valence-corrected chi connectivity index (χ3v) is 7.32. The van der Waals surface area contributed by atoms with Crippen molar-refractivity contribution in [2.45, 2.75) is 32.0 Å². The van der Waals surface area contributed by atoms with Crippen molar-refractivity contribution in [3.8, 4) is 0 Å². The number of benzene rings is 2. The van der Waals surface area contributed by atoms with Crippen molar-refractivity contribution < 1.29 is 4.42 Å². The minimum atomic E-state index is -0.0265. The molecule has 2 N–H and O–H groups in total. The molecule has 5 aromatic rings. The van der Waals surface area contributed by atoms with E-state index in [2.05, 4.69) is 25.8 Å². The molecule has 1 saturated heterocycles. The number of rotatable bonds is 7. The molecule has 1 aliphatic heterocycles. The van der Waals surface area contributed by atoms with Gasteiger partial charge < -0.3 is 24.2 Å². The summed E-state index contributed by atoms with van der Waals surface area (Å²) in [4.78, 5) is 23.4. The van der Waals surface area contributed by atoms with Gasteiger partial charge in [-0.15, -0.1) is 0 Å². The zero-order chi connectivity index (χ0) is 24.5. The summed E-state index contributed by atoms with van der Waals surface area (Å²) in [5, 5.41) is 4.36. The van der Waals surface area contributed by atoms with Crippen molar-refractivity contribution in [2.24, 2.45) is 0 Å². The highest BCUT2D eigenvalue weighted by molar-refractivity contribution is 7.71. The summed E-state index contributed by atoms with van der Waals surface area (Å²) < 4.78 is 9.95. The van der Waals surface area contributed by atoms with Crippen LogP contribution in [0.25, 0.3) is 21.9 Å². The minimum Gasteiger partial charge on any atom is -0.467 e. The number of likely N-dealkylation sites (tertiary alicyclic amines) is 1. The number of H-pyrrole nitrogens is 1. The number of hydrogen-bond donors (Lipinski definition) is 2. The molecule has 4 heterocycles. The van der Waals surface area contributed by atoms with E-state index >= 15 is 0 Å². The lowest BCUT2D eigenvalue weighted by Crippen LogP contribution is -2.41. The molecule has 0 saturated carbocycles. The van der Waals surface area contributed by atoms with Gasteiger partial charge in [-0.3, -0.25) is 9.36 Å². The molecule has 0 bridgehead atoms. The van der Waals surface area contributed by atoms with E-state index in [9.17, 15) is 4.79 Å². The SMILES string of the molecule is O=c1c2ccccc2[nH]c(=S)n1CCN1CCC(Nc2nc3ccccc3n2Cc2ccco2)CC1. The van der Waals surface area contributed by atoms with Gasteiger partial charge in [-0.25, -0.2) is 4.98 Å². The highest BCUT2D eigenvalue weighted by Gasteiger charge is 2.22. The van der Waals surface area contributed by atoms with Gasteiger partial charge in [0.1, 0.15) is 5.76 Å². The number of aromatic nitrogens is 4. The van der Waals surface area contributed by atoms with Crippen LogP contribution in [-0.4, -0.2) is 49.7 Å². The lowest BCUT2D eigenvalue weighted by Gasteiger charge is -2.32. The normalized spacial score (nSPS) is 15.1. The third kappa shape index (κ3) is 4.47. The summed E-state index contributed by atoms with van der Waals surface area (Å²) in [6.45, 7) is 3.91. The number of anilines is 1. The number of imidazole rings is 1. The predicted octanol–water partition coefficient (Wildman–Crippen LogP) is 4.63. The molecule has 9 heteroatoms. The van der Waals surface area contributed by atoms with Gasteiger partial charge in [-0.1, -0.05) is 24.3 Å². The molecule has 8 nitrogen and oxygen atoms in total. The highest BCUT2D eigenvalue weighted by atomic mass is 32.1. The zero-order valence-corrected chi connectivity index (χ0v) is 20.7. The van der Waals surface area contributed by atoms with Gasteiger partial charge in [0.05, 0.1) is 34.7 Å². The van der Waals surface area contributed by atoms with E-state index in [1.54, 1.807) is 10.8 Å². The predicted molar refractivity (Wildman–Crippen MR) is 144 cm³/mol. The maximum Gasteiger partial charge on any atom is 0.262 e. The van der Waals surface area contributed by atoms with Crippen molar-refractivity contribution in [3.05, 3.63) is 87.8 Å². The van der Waals surface area contributed by atoms with Gasteiger partial charge in [0.25, 0.3) is 5.56 Å². The molecule has 0 spiro atoms. The van der Waals surface area contributed by atoms with E-state index in [0.717, 1.165) is 60.7 Å². The lowest BCUT2D eigenvalue weighted by molar-refractivity contribution is 0.210. The summed E-state index contributed by atoms with van der Waals surface area (Å²) in [6, 6.07) is 19.9. The first-order chi connectivity index (χ1) is 17.7. The van der Waals surface area contributed by atoms with Crippen LogP contribution in [0.2, 0.25) is 0 Å². The molecular formula is C27H28N6O2S. The number of para-hydroxylation sites is 3. The van der Waals surface area contributed by atoms with Crippen LogP contribution in [0.1, 0.15) is 18.6 Å². The average Bonchev–Trinajstić information content (AvgIpc) is 3.53. The van der Waals surface area contributed by atoms with E-state index in [1.165, 1.54) is 0 Å². The van der Waals surface area contributed by atoms with Crippen LogP contribution < -0.4 is 10.9 Å². The van der Waals surface area contributed by atoms with Crippen LogP contribution in [0.5, 0.6) is 0 Å². The number of fused-ring (bicyclic) bond motifs is 2. The Morgan fingerprint density at radius 2 is 1.81 bits per heavy atom. The first kappa shape index (κ1) is 22.8. The van der Waals surface area contributed by atoms with E-state index < -0.39 is 0 Å². The van der Waals surface area contributed by atoms with Gasteiger partial charge in [-0.2, -0.15) is 0 Å². The molecule has 0 unspecified atom stereocenters. The minimum absolute atomic E-state index is 0.0265. The van der Waals surface area contributed by atoms with E-state index in [1.807, 2.05) is 54.6 Å². The Labute approximate surface area is 213 Å². The second kappa shape index (κ2) is 9.75. The lowest BCUT2D eigenvalue weighted by atomic mass is 10.1. The topological polar surface area (TPSA) is 84.0 Å². The van der Waals surface area contributed by atoms with Crippen molar-refractivity contribution in [1.82, 2.24) is 24.0 Å². The van der Waals surface area contributed by atoms with E-state index in [4.69, 9.17) is 21.6 Å². The Bertz CT molecular complexity index is 1610. The van der Waals surface area contributed by atoms with Crippen molar-refractivity contribution in [1.29, 1.82) is 0 Å². The largest absolute Gasteiger partial charge is 0.467 e. The molecule has 2 aromatic carbocycles. The molecule has 1 fully saturated rings. The molecular weight excluding hydrogens is 472 g/mol. The number of nitrogens with one attached hydrogen (secondary N) is 2. The fourth-order valence-corrected chi connectivity index (χ4v) is 5.32. The molecule has 0 aliphatic carbocycles. The maximum absolute atomic E-state index is 12.9. The molecule has 184 valence electrons. The summed E-state index contributed by atoms with van der Waals surface area (Å²) in [6.07, 6.45) is 3.71. The maximum atomic E-state index is 12.9. The van der Waals surface area contributed by atoms with Crippen LogP contribution in [0.15, 0.2) is 76.1 Å². The Hall–Kier alpha value is -3.69. The number of hydrogen-bond acceptors (Lipinski definition) is 6. The third-order valence-electron chi connectivity index (χ3n) is 7.00. The summed E-state index contributed by atoms with van der Waals surface area (Å²) >= 11 is 5.47. The zero-order valence-electron chi connectivity index (χ0n) is 19.9. The summed E-state index contributed by atoms with van der Waals surface area (Å²) in [5.41, 5.74) is 2.82. The number of aromatic amines is 1. The Kier molecular flexibility index (Phi) is 6.16. The van der Waals surface area contributed by atoms with E-state index in [-0.39, 0.29) is 5.56 Å². The molecule has 0 radical (unpaired) electrons. The first-order valence-corrected chi connectivity index (χ1v) is 12.7. The Morgan fingerprint density at radius 1 is 1.00 bits per heavy atom. The number of furan rings is 1. The standard InChI is InChI=1S/C27H28N6O2S/c34-25-21-7-1-2-8-22(21)30-27(36)32(25)16-15-31-13-11-19(12-14-31)28-26-29-23-9-3-4-10-24(23)33(26)18-20-6-5-17-35-20/h1-10,17,19H,11-16,18H2,(H,28,29)(H,30,36). The van der Waals surface area contributed by atoms with Crippen LogP contribution in [-0.2, 0) is 13.1 Å². The first-order valence-electron chi connectivity index (χ1n) is 12.3. The average molecular weight is 501 g/mol. The molecule has 6 rings (SSSR count). The van der Waals surface area contributed by atoms with Crippen LogP contribution in [0.3, 0.4) is 0 Å². The Balaban J connectivity index is 1.11. The van der Waals surface area contributed by atoms with Crippen LogP contribution >= 0.6 is 12.2 Å². The van der Waals surface area contributed by atoms with Gasteiger partial charge in [0.2, 0.25) is 5.95 Å². The van der Waals surface area contributed by atoms with E-state index in [0.29, 0.717) is 29.3 Å². The monoisotopic (exact) mass is 500 g/mol. The Morgan fingerprint density at radius 3 is 2.64 bits per heavy atom. The number of nitrogens with zero attached hydrogens (tertiary/aromatic N) is 4. The van der Waals surface area contributed by atoms with Gasteiger partial charge >= 0.3 is 0 Å². The second-order valence-corrected chi connectivity index (χ2v) is 9.67. The van der Waals surface area contributed by atoms with Gasteiger partial charge in [0, 0.05) is 32.2 Å². The summed E-state index contributed by atoms with van der Waals surface area (Å²) in [7, 11) is 0. The highest BCUT2D eigenvalue weighted by Crippen LogP contribution is 2.24. The quantitative estimate of drug-likeness (QED) is 0.317. The van der Waals surface area contributed by atoms with Crippen LogP contribution in [0, 0.1) is 4.77 Å². The molecule has 36 heavy (non-hydrogen) atoms. The van der Waals surface area contributed by atoms with Crippen LogP contribution in [0.4, 0.5) is 5.95 Å².